The molecule has 1 aromatic rings. The minimum Gasteiger partial charge on any atom is -0.393 e. The predicted octanol–water partition coefficient (Wildman–Crippen LogP) is 0.894. The van der Waals surface area contributed by atoms with Gasteiger partial charge in [-0.2, -0.15) is 0 Å². The minimum atomic E-state index is -0.319. The average molecular weight is 140 g/mol. The van der Waals surface area contributed by atoms with Gasteiger partial charge in [-0.3, -0.25) is 0 Å². The summed E-state index contributed by atoms with van der Waals surface area (Å²) in [6, 6.07) is 0. The van der Waals surface area contributed by atoms with Gasteiger partial charge in [0.15, 0.2) is 0 Å². The predicted molar refractivity (Wildman–Crippen MR) is 38.7 cm³/mol. The first-order chi connectivity index (χ1) is 4.72. The molecule has 3 nitrogen and oxygen atoms in total. The number of H-pyrrole nitrogens is 1. The van der Waals surface area contributed by atoms with Crippen molar-refractivity contribution in [3.8, 4) is 0 Å². The number of aromatic amines is 1. The quantitative estimate of drug-likeness (QED) is 0.641. The molecule has 0 amide bonds. The standard InChI is InChI=1S/C7H12N2O/c1-5(6(2)10)7-3-8-4-9-7/h3-6,10H,1-2H3,(H,8,9). The van der Waals surface area contributed by atoms with Crippen LogP contribution in [0.2, 0.25) is 0 Å². The van der Waals surface area contributed by atoms with Crippen LogP contribution < -0.4 is 0 Å². The maximum absolute atomic E-state index is 9.14. The van der Waals surface area contributed by atoms with Gasteiger partial charge in [0, 0.05) is 17.8 Å². The molecule has 1 rings (SSSR count). The molecule has 0 aliphatic heterocycles. The summed E-state index contributed by atoms with van der Waals surface area (Å²) in [4.78, 5) is 6.81. The van der Waals surface area contributed by atoms with Crippen LogP contribution in [0.3, 0.4) is 0 Å². The Kier molecular flexibility index (Phi) is 2.06. The Morgan fingerprint density at radius 2 is 2.30 bits per heavy atom. The highest BCUT2D eigenvalue weighted by atomic mass is 16.3. The van der Waals surface area contributed by atoms with Gasteiger partial charge in [0.25, 0.3) is 0 Å². The van der Waals surface area contributed by atoms with Gasteiger partial charge in [-0.15, -0.1) is 0 Å². The summed E-state index contributed by atoms with van der Waals surface area (Å²) < 4.78 is 0. The van der Waals surface area contributed by atoms with Gasteiger partial charge < -0.3 is 10.1 Å². The third-order valence-electron chi connectivity index (χ3n) is 1.73. The van der Waals surface area contributed by atoms with Crippen molar-refractivity contribution >= 4 is 0 Å². The Morgan fingerprint density at radius 3 is 2.70 bits per heavy atom. The monoisotopic (exact) mass is 140 g/mol. The maximum Gasteiger partial charge on any atom is 0.0921 e. The molecule has 0 aromatic carbocycles. The first-order valence-electron chi connectivity index (χ1n) is 3.38. The third-order valence-corrected chi connectivity index (χ3v) is 1.73. The number of aliphatic hydroxyl groups is 1. The highest BCUT2D eigenvalue weighted by Gasteiger charge is 2.11. The molecule has 3 heteroatoms. The molecule has 0 radical (unpaired) electrons. The fourth-order valence-corrected chi connectivity index (χ4v) is 0.776. The zero-order valence-electron chi connectivity index (χ0n) is 6.20. The molecular weight excluding hydrogens is 128 g/mol. The van der Waals surface area contributed by atoms with E-state index in [2.05, 4.69) is 9.97 Å². The molecule has 10 heavy (non-hydrogen) atoms. The first-order valence-corrected chi connectivity index (χ1v) is 3.38. The maximum atomic E-state index is 9.14. The van der Waals surface area contributed by atoms with Crippen LogP contribution in [0.25, 0.3) is 0 Å². The number of nitrogens with one attached hydrogen (secondary N) is 1. The molecule has 0 fully saturated rings. The molecule has 1 aromatic heterocycles. The second-order valence-corrected chi connectivity index (χ2v) is 2.54. The second-order valence-electron chi connectivity index (χ2n) is 2.54. The average Bonchev–Trinajstić information content (AvgIpc) is 2.36. The van der Waals surface area contributed by atoms with E-state index in [0.717, 1.165) is 5.69 Å². The lowest BCUT2D eigenvalue weighted by atomic mass is 10.0. The molecule has 0 aliphatic carbocycles. The molecule has 0 bridgehead atoms. The van der Waals surface area contributed by atoms with Crippen molar-refractivity contribution in [2.24, 2.45) is 0 Å². The number of hydrogen-bond donors (Lipinski definition) is 2. The van der Waals surface area contributed by atoms with Crippen LogP contribution in [0.15, 0.2) is 12.5 Å². The molecule has 0 spiro atoms. The lowest BCUT2D eigenvalue weighted by Crippen LogP contribution is -2.10. The first kappa shape index (κ1) is 7.28. The van der Waals surface area contributed by atoms with Crippen molar-refractivity contribution in [2.45, 2.75) is 25.9 Å². The minimum absolute atomic E-state index is 0.141. The summed E-state index contributed by atoms with van der Waals surface area (Å²) in [5.41, 5.74) is 0.981. The summed E-state index contributed by atoms with van der Waals surface area (Å²) in [5.74, 6) is 0.141. The molecular formula is C7H12N2O. The van der Waals surface area contributed by atoms with E-state index in [1.54, 1.807) is 19.4 Å². The highest BCUT2D eigenvalue weighted by molar-refractivity contribution is 5.03. The van der Waals surface area contributed by atoms with Crippen molar-refractivity contribution in [2.75, 3.05) is 0 Å². The summed E-state index contributed by atoms with van der Waals surface area (Å²) in [5, 5.41) is 9.14. The summed E-state index contributed by atoms with van der Waals surface area (Å²) >= 11 is 0. The van der Waals surface area contributed by atoms with Gasteiger partial charge in [0.2, 0.25) is 0 Å². The van der Waals surface area contributed by atoms with E-state index in [1.165, 1.54) is 0 Å². The van der Waals surface area contributed by atoms with Crippen LogP contribution in [0, 0.1) is 0 Å². The van der Waals surface area contributed by atoms with Crippen LogP contribution >= 0.6 is 0 Å². The molecule has 2 unspecified atom stereocenters. The normalized spacial score (nSPS) is 16.7. The molecule has 0 saturated carbocycles. The highest BCUT2D eigenvalue weighted by Crippen LogP contribution is 2.14. The van der Waals surface area contributed by atoms with Gasteiger partial charge in [-0.05, 0) is 6.92 Å². The van der Waals surface area contributed by atoms with E-state index in [1.807, 2.05) is 6.92 Å². The van der Waals surface area contributed by atoms with Crippen molar-refractivity contribution in [1.82, 2.24) is 9.97 Å². The van der Waals surface area contributed by atoms with Crippen LogP contribution in [0.4, 0.5) is 0 Å². The van der Waals surface area contributed by atoms with Crippen LogP contribution in [0.5, 0.6) is 0 Å². The van der Waals surface area contributed by atoms with Crippen molar-refractivity contribution in [1.29, 1.82) is 0 Å². The Labute approximate surface area is 60.1 Å². The lowest BCUT2D eigenvalue weighted by Gasteiger charge is -2.11. The van der Waals surface area contributed by atoms with Crippen LogP contribution in [0.1, 0.15) is 25.5 Å². The topological polar surface area (TPSA) is 48.9 Å². The van der Waals surface area contributed by atoms with E-state index in [-0.39, 0.29) is 12.0 Å². The Bertz CT molecular complexity index is 181. The Morgan fingerprint density at radius 1 is 1.60 bits per heavy atom. The van der Waals surface area contributed by atoms with E-state index in [0.29, 0.717) is 0 Å². The van der Waals surface area contributed by atoms with Gasteiger partial charge in [0.1, 0.15) is 0 Å². The van der Waals surface area contributed by atoms with E-state index < -0.39 is 0 Å². The van der Waals surface area contributed by atoms with Crippen molar-refractivity contribution in [3.05, 3.63) is 18.2 Å². The molecule has 1 heterocycles. The largest absolute Gasteiger partial charge is 0.393 e. The molecule has 0 saturated heterocycles. The number of aliphatic hydroxyl groups excluding tert-OH is 1. The number of imidazole rings is 1. The number of rotatable bonds is 2. The number of nitrogens with zero attached hydrogens (tertiary/aromatic N) is 1. The fraction of sp³-hybridized carbons (Fsp3) is 0.571. The summed E-state index contributed by atoms with van der Waals surface area (Å²) in [7, 11) is 0. The van der Waals surface area contributed by atoms with E-state index >= 15 is 0 Å². The SMILES string of the molecule is CC(O)C(C)c1cnc[nH]1. The molecule has 2 atom stereocenters. The number of aromatic nitrogens is 2. The molecule has 56 valence electrons. The second kappa shape index (κ2) is 2.84. The van der Waals surface area contributed by atoms with Crippen molar-refractivity contribution in [3.63, 3.8) is 0 Å². The fourth-order valence-electron chi connectivity index (χ4n) is 0.776. The molecule has 0 aliphatic rings. The van der Waals surface area contributed by atoms with E-state index in [9.17, 15) is 0 Å². The van der Waals surface area contributed by atoms with Crippen LogP contribution in [-0.2, 0) is 0 Å². The smallest absolute Gasteiger partial charge is 0.0921 e. The van der Waals surface area contributed by atoms with Gasteiger partial charge in [0.05, 0.1) is 12.4 Å². The third kappa shape index (κ3) is 1.36. The van der Waals surface area contributed by atoms with Gasteiger partial charge >= 0.3 is 0 Å². The lowest BCUT2D eigenvalue weighted by molar-refractivity contribution is 0.167. The van der Waals surface area contributed by atoms with E-state index in [4.69, 9.17) is 5.11 Å². The molecule has 2 N–H and O–H groups in total. The Hall–Kier alpha value is -0.830. The summed E-state index contributed by atoms with van der Waals surface area (Å²) in [6.45, 7) is 3.73. The van der Waals surface area contributed by atoms with Crippen molar-refractivity contribution < 1.29 is 5.11 Å². The van der Waals surface area contributed by atoms with Gasteiger partial charge in [-0.1, -0.05) is 6.92 Å². The summed E-state index contributed by atoms with van der Waals surface area (Å²) in [6.07, 6.45) is 3.03. The zero-order chi connectivity index (χ0) is 7.56. The Balaban J connectivity index is 2.68. The van der Waals surface area contributed by atoms with Gasteiger partial charge in [-0.25, -0.2) is 4.98 Å². The van der Waals surface area contributed by atoms with Crippen LogP contribution in [-0.4, -0.2) is 21.2 Å². The zero-order valence-corrected chi connectivity index (χ0v) is 6.20. The number of hydrogen-bond acceptors (Lipinski definition) is 2.